The van der Waals surface area contributed by atoms with Crippen LogP contribution in [0.2, 0.25) is 5.02 Å². The van der Waals surface area contributed by atoms with Gasteiger partial charge in [0.25, 0.3) is 10.0 Å². The molecule has 0 saturated heterocycles. The van der Waals surface area contributed by atoms with Crippen LogP contribution in [0.3, 0.4) is 0 Å². The molecule has 0 unspecified atom stereocenters. The lowest BCUT2D eigenvalue weighted by molar-refractivity contribution is -0.139. The van der Waals surface area contributed by atoms with Crippen LogP contribution in [0.25, 0.3) is 0 Å². The van der Waals surface area contributed by atoms with Gasteiger partial charge in [0.05, 0.1) is 10.6 Å². The third kappa shape index (κ3) is 7.11. The van der Waals surface area contributed by atoms with E-state index >= 15 is 0 Å². The van der Waals surface area contributed by atoms with Crippen LogP contribution >= 0.6 is 11.6 Å². The smallest absolute Gasteiger partial charge is 0.264 e. The molecule has 2 amide bonds. The van der Waals surface area contributed by atoms with E-state index < -0.39 is 40.2 Å². The van der Waals surface area contributed by atoms with Gasteiger partial charge in [0.15, 0.2) is 0 Å². The number of rotatable bonds is 11. The summed E-state index contributed by atoms with van der Waals surface area (Å²) in [4.78, 5) is 27.7. The molecule has 202 valence electrons. The zero-order valence-corrected chi connectivity index (χ0v) is 23.1. The Morgan fingerprint density at radius 1 is 1.00 bits per heavy atom. The van der Waals surface area contributed by atoms with Gasteiger partial charge < -0.3 is 10.2 Å². The molecular weight excluding hydrogens is 529 g/mol. The maximum absolute atomic E-state index is 14.5. The zero-order chi connectivity index (χ0) is 27.9. The number of benzene rings is 3. The van der Waals surface area contributed by atoms with E-state index in [9.17, 15) is 22.4 Å². The number of sulfonamides is 1. The number of aryl methyl sites for hydroxylation is 1. The molecule has 0 aliphatic rings. The SMILES string of the molecule is CCCNC(=O)[C@@H](C)N(Cc1ccccc1F)C(=O)CN(c1ccc(C)cc1)S(=O)(=O)c1ccc(Cl)cc1. The first kappa shape index (κ1) is 29.1. The summed E-state index contributed by atoms with van der Waals surface area (Å²) in [5.41, 5.74) is 1.39. The molecule has 38 heavy (non-hydrogen) atoms. The third-order valence-corrected chi connectivity index (χ3v) is 8.06. The summed E-state index contributed by atoms with van der Waals surface area (Å²) in [5, 5.41) is 3.12. The van der Waals surface area contributed by atoms with Gasteiger partial charge in [0.2, 0.25) is 11.8 Å². The normalized spacial score (nSPS) is 12.0. The lowest BCUT2D eigenvalue weighted by atomic mass is 10.1. The molecule has 0 saturated carbocycles. The van der Waals surface area contributed by atoms with Crippen LogP contribution in [0.4, 0.5) is 10.1 Å². The van der Waals surface area contributed by atoms with E-state index in [-0.39, 0.29) is 22.7 Å². The molecule has 3 aromatic carbocycles. The second-order valence-electron chi connectivity index (χ2n) is 8.88. The van der Waals surface area contributed by atoms with Crippen molar-refractivity contribution < 1.29 is 22.4 Å². The molecule has 1 N–H and O–H groups in total. The molecule has 1 atom stereocenters. The third-order valence-electron chi connectivity index (χ3n) is 6.02. The minimum atomic E-state index is -4.20. The summed E-state index contributed by atoms with van der Waals surface area (Å²) in [6.45, 7) is 4.88. The number of nitrogens with one attached hydrogen (secondary N) is 1. The standard InChI is InChI=1S/C28H31ClFN3O4S/c1-4-17-31-28(35)21(3)32(18-22-7-5-6-8-26(22)30)27(34)19-33(24-13-9-20(2)10-14-24)38(36,37)25-15-11-23(29)12-16-25/h5-16,21H,4,17-19H2,1-3H3,(H,31,35)/t21-/m1/s1. The van der Waals surface area contributed by atoms with Crippen LogP contribution in [0, 0.1) is 12.7 Å². The molecule has 7 nitrogen and oxygen atoms in total. The maximum Gasteiger partial charge on any atom is 0.264 e. The molecule has 0 spiro atoms. The van der Waals surface area contributed by atoms with Gasteiger partial charge in [0, 0.05) is 23.7 Å². The molecule has 0 aliphatic heterocycles. The summed E-state index contributed by atoms with van der Waals surface area (Å²) >= 11 is 5.95. The van der Waals surface area contributed by atoms with Gasteiger partial charge in [-0.2, -0.15) is 0 Å². The Morgan fingerprint density at radius 2 is 1.63 bits per heavy atom. The summed E-state index contributed by atoms with van der Waals surface area (Å²) in [7, 11) is -4.20. The Bertz CT molecular complexity index is 1370. The fourth-order valence-electron chi connectivity index (χ4n) is 3.76. The van der Waals surface area contributed by atoms with Gasteiger partial charge in [0.1, 0.15) is 18.4 Å². The number of carbonyl (C=O) groups excluding carboxylic acids is 2. The van der Waals surface area contributed by atoms with Gasteiger partial charge in [-0.1, -0.05) is 54.4 Å². The molecule has 0 fully saturated rings. The highest BCUT2D eigenvalue weighted by atomic mass is 35.5. The van der Waals surface area contributed by atoms with Crippen LogP contribution in [0.1, 0.15) is 31.4 Å². The number of amides is 2. The molecule has 0 aromatic heterocycles. The van der Waals surface area contributed by atoms with Crippen molar-refractivity contribution in [3.05, 3.63) is 94.8 Å². The van der Waals surface area contributed by atoms with E-state index in [1.165, 1.54) is 54.3 Å². The molecule has 10 heteroatoms. The van der Waals surface area contributed by atoms with E-state index in [2.05, 4.69) is 5.32 Å². The minimum absolute atomic E-state index is 0.0512. The first-order valence-electron chi connectivity index (χ1n) is 12.2. The van der Waals surface area contributed by atoms with Crippen molar-refractivity contribution in [2.75, 3.05) is 17.4 Å². The second-order valence-corrected chi connectivity index (χ2v) is 11.2. The molecular formula is C28H31ClFN3O4S. The van der Waals surface area contributed by atoms with Crippen LogP contribution in [-0.2, 0) is 26.2 Å². The number of nitrogens with zero attached hydrogens (tertiary/aromatic N) is 2. The Morgan fingerprint density at radius 3 is 2.24 bits per heavy atom. The van der Waals surface area contributed by atoms with Crippen molar-refractivity contribution in [3.8, 4) is 0 Å². The number of hydrogen-bond donors (Lipinski definition) is 1. The average Bonchev–Trinajstić information content (AvgIpc) is 2.90. The largest absolute Gasteiger partial charge is 0.354 e. The van der Waals surface area contributed by atoms with E-state index in [0.717, 1.165) is 9.87 Å². The van der Waals surface area contributed by atoms with E-state index in [0.29, 0.717) is 18.0 Å². The van der Waals surface area contributed by atoms with Crippen molar-refractivity contribution >= 4 is 39.1 Å². The number of carbonyl (C=O) groups is 2. The molecule has 0 aliphatic carbocycles. The minimum Gasteiger partial charge on any atom is -0.354 e. The predicted octanol–water partition coefficient (Wildman–Crippen LogP) is 4.93. The summed E-state index contributed by atoms with van der Waals surface area (Å²) in [5.74, 6) is -1.61. The lowest BCUT2D eigenvalue weighted by Gasteiger charge is -2.32. The van der Waals surface area contributed by atoms with E-state index in [4.69, 9.17) is 11.6 Å². The van der Waals surface area contributed by atoms with Crippen molar-refractivity contribution in [1.82, 2.24) is 10.2 Å². The Kier molecular flexibility index (Phi) is 9.88. The van der Waals surface area contributed by atoms with Crippen LogP contribution in [-0.4, -0.2) is 44.3 Å². The van der Waals surface area contributed by atoms with Crippen molar-refractivity contribution in [1.29, 1.82) is 0 Å². The molecule has 3 aromatic rings. The molecule has 0 bridgehead atoms. The predicted molar refractivity (Wildman–Crippen MR) is 147 cm³/mol. The van der Waals surface area contributed by atoms with Crippen LogP contribution in [0.15, 0.2) is 77.7 Å². The van der Waals surface area contributed by atoms with Crippen molar-refractivity contribution in [3.63, 3.8) is 0 Å². The summed E-state index contributed by atoms with van der Waals surface area (Å²) in [6.07, 6.45) is 0.695. The monoisotopic (exact) mass is 559 g/mol. The summed E-state index contributed by atoms with van der Waals surface area (Å²) in [6, 6.07) is 17.3. The maximum atomic E-state index is 14.5. The fourth-order valence-corrected chi connectivity index (χ4v) is 5.30. The molecule has 0 radical (unpaired) electrons. The highest BCUT2D eigenvalue weighted by Crippen LogP contribution is 2.26. The van der Waals surface area contributed by atoms with Gasteiger partial charge >= 0.3 is 0 Å². The Balaban J connectivity index is 2.02. The Hall–Kier alpha value is -3.43. The highest BCUT2D eigenvalue weighted by Gasteiger charge is 2.32. The van der Waals surface area contributed by atoms with Gasteiger partial charge in [-0.05, 0) is 62.7 Å². The Labute approximate surface area is 228 Å². The number of anilines is 1. The van der Waals surface area contributed by atoms with E-state index in [1.807, 2.05) is 13.8 Å². The van der Waals surface area contributed by atoms with Crippen molar-refractivity contribution in [2.45, 2.75) is 44.7 Å². The quantitative estimate of drug-likeness (QED) is 0.361. The van der Waals surface area contributed by atoms with Gasteiger partial charge in [-0.3, -0.25) is 13.9 Å². The number of hydrogen-bond acceptors (Lipinski definition) is 4. The van der Waals surface area contributed by atoms with Gasteiger partial charge in [-0.15, -0.1) is 0 Å². The first-order chi connectivity index (χ1) is 18.0. The second kappa shape index (κ2) is 12.9. The van der Waals surface area contributed by atoms with Crippen molar-refractivity contribution in [2.24, 2.45) is 0 Å². The summed E-state index contributed by atoms with van der Waals surface area (Å²) < 4.78 is 43.0. The zero-order valence-electron chi connectivity index (χ0n) is 21.5. The average molecular weight is 560 g/mol. The van der Waals surface area contributed by atoms with Crippen LogP contribution < -0.4 is 9.62 Å². The highest BCUT2D eigenvalue weighted by molar-refractivity contribution is 7.92. The molecule has 3 rings (SSSR count). The molecule has 0 heterocycles. The fraction of sp³-hybridized carbons (Fsp3) is 0.286. The topological polar surface area (TPSA) is 86.8 Å². The van der Waals surface area contributed by atoms with Crippen LogP contribution in [0.5, 0.6) is 0 Å². The van der Waals surface area contributed by atoms with Gasteiger partial charge in [-0.25, -0.2) is 12.8 Å². The first-order valence-corrected chi connectivity index (χ1v) is 14.0. The number of halogens is 2. The van der Waals surface area contributed by atoms with E-state index in [1.54, 1.807) is 30.3 Å². The lowest BCUT2D eigenvalue weighted by Crippen LogP contribution is -2.51.